The van der Waals surface area contributed by atoms with Gasteiger partial charge in [0.25, 0.3) is 0 Å². The summed E-state index contributed by atoms with van der Waals surface area (Å²) in [5, 5.41) is 3.16. The summed E-state index contributed by atoms with van der Waals surface area (Å²) in [6.07, 6.45) is 1.98. The van der Waals surface area contributed by atoms with E-state index in [2.05, 4.69) is 17.1 Å². The zero-order chi connectivity index (χ0) is 14.4. The van der Waals surface area contributed by atoms with Gasteiger partial charge >= 0.3 is 0 Å². The van der Waals surface area contributed by atoms with Gasteiger partial charge in [-0.15, -0.1) is 0 Å². The zero-order valence-corrected chi connectivity index (χ0v) is 13.2. The monoisotopic (exact) mass is 305 g/mol. The molecule has 0 spiro atoms. The first kappa shape index (κ1) is 16.2. The summed E-state index contributed by atoms with van der Waals surface area (Å²) in [6, 6.07) is 0.372. The molecule has 118 valence electrons. The number of sulfonamides is 1. The van der Waals surface area contributed by atoms with Crippen molar-refractivity contribution in [3.8, 4) is 0 Å². The minimum absolute atomic E-state index is 0.211. The first-order valence-electron chi connectivity index (χ1n) is 7.64. The van der Waals surface area contributed by atoms with Crippen LogP contribution in [0.1, 0.15) is 19.8 Å². The summed E-state index contributed by atoms with van der Waals surface area (Å²) in [6.45, 7) is 8.21. The van der Waals surface area contributed by atoms with Crippen molar-refractivity contribution in [1.82, 2.24) is 14.5 Å². The average Bonchev–Trinajstić information content (AvgIpc) is 2.95. The van der Waals surface area contributed by atoms with E-state index in [-0.39, 0.29) is 5.75 Å². The van der Waals surface area contributed by atoms with E-state index in [0.717, 1.165) is 45.7 Å². The first-order chi connectivity index (χ1) is 9.63. The van der Waals surface area contributed by atoms with E-state index in [9.17, 15) is 8.42 Å². The summed E-state index contributed by atoms with van der Waals surface area (Å²) in [5.41, 5.74) is 0. The second-order valence-corrected chi connectivity index (χ2v) is 7.60. The highest BCUT2D eigenvalue weighted by Crippen LogP contribution is 2.19. The third-order valence-electron chi connectivity index (χ3n) is 4.05. The summed E-state index contributed by atoms with van der Waals surface area (Å²) in [7, 11) is -3.10. The molecule has 7 heteroatoms. The molecule has 2 aliphatic heterocycles. The topological polar surface area (TPSA) is 61.9 Å². The third-order valence-corrected chi connectivity index (χ3v) is 5.88. The fraction of sp³-hybridized carbons (Fsp3) is 1.00. The van der Waals surface area contributed by atoms with Crippen LogP contribution in [0.4, 0.5) is 0 Å². The molecule has 2 saturated heterocycles. The molecule has 0 aromatic carbocycles. The maximum absolute atomic E-state index is 12.3. The molecule has 2 fully saturated rings. The Balaban J connectivity index is 1.78. The molecule has 0 bridgehead atoms. The standard InChI is InChI=1S/C13H27N3O3S/c1-2-4-14-5-11-20(17,18)16-6-3-13(12-16)15-7-9-19-10-8-15/h13-14H,2-12H2,1H3. The quantitative estimate of drug-likeness (QED) is 0.656. The molecular formula is C13H27N3O3S. The molecule has 2 heterocycles. The van der Waals surface area contributed by atoms with Crippen molar-refractivity contribution in [2.24, 2.45) is 0 Å². The van der Waals surface area contributed by atoms with Gasteiger partial charge in [0.1, 0.15) is 0 Å². The van der Waals surface area contributed by atoms with Gasteiger partial charge in [-0.3, -0.25) is 4.90 Å². The van der Waals surface area contributed by atoms with Gasteiger partial charge in [0.15, 0.2) is 0 Å². The molecule has 2 rings (SSSR count). The van der Waals surface area contributed by atoms with Gasteiger partial charge in [0.05, 0.1) is 19.0 Å². The van der Waals surface area contributed by atoms with Gasteiger partial charge < -0.3 is 10.1 Å². The largest absolute Gasteiger partial charge is 0.379 e. The Bertz CT molecular complexity index is 382. The molecular weight excluding hydrogens is 278 g/mol. The summed E-state index contributed by atoms with van der Waals surface area (Å²) in [4.78, 5) is 2.37. The van der Waals surface area contributed by atoms with Crippen LogP contribution in [-0.4, -0.2) is 81.9 Å². The lowest BCUT2D eigenvalue weighted by Crippen LogP contribution is -2.45. The van der Waals surface area contributed by atoms with E-state index >= 15 is 0 Å². The second-order valence-electron chi connectivity index (χ2n) is 5.51. The third kappa shape index (κ3) is 4.39. The van der Waals surface area contributed by atoms with Crippen LogP contribution in [0.25, 0.3) is 0 Å². The predicted molar refractivity (Wildman–Crippen MR) is 79.3 cm³/mol. The first-order valence-corrected chi connectivity index (χ1v) is 9.24. The second kappa shape index (κ2) is 7.70. The van der Waals surface area contributed by atoms with Crippen molar-refractivity contribution < 1.29 is 13.2 Å². The molecule has 1 atom stereocenters. The molecule has 2 aliphatic rings. The van der Waals surface area contributed by atoms with Crippen LogP contribution in [0.2, 0.25) is 0 Å². The summed E-state index contributed by atoms with van der Waals surface area (Å²) >= 11 is 0. The van der Waals surface area contributed by atoms with Gasteiger partial charge in [0.2, 0.25) is 10.0 Å². The van der Waals surface area contributed by atoms with E-state index in [1.165, 1.54) is 0 Å². The van der Waals surface area contributed by atoms with E-state index in [1.807, 2.05) is 0 Å². The minimum Gasteiger partial charge on any atom is -0.379 e. The molecule has 0 amide bonds. The Kier molecular flexibility index (Phi) is 6.22. The Morgan fingerprint density at radius 2 is 1.95 bits per heavy atom. The molecule has 0 aromatic rings. The molecule has 6 nitrogen and oxygen atoms in total. The van der Waals surface area contributed by atoms with Crippen LogP contribution in [0, 0.1) is 0 Å². The highest BCUT2D eigenvalue weighted by atomic mass is 32.2. The number of nitrogens with one attached hydrogen (secondary N) is 1. The molecule has 0 radical (unpaired) electrons. The van der Waals surface area contributed by atoms with Crippen LogP contribution in [0.3, 0.4) is 0 Å². The molecule has 0 aliphatic carbocycles. The Hall–Kier alpha value is -0.210. The lowest BCUT2D eigenvalue weighted by molar-refractivity contribution is 0.0197. The maximum atomic E-state index is 12.3. The van der Waals surface area contributed by atoms with Crippen LogP contribution in [-0.2, 0) is 14.8 Å². The maximum Gasteiger partial charge on any atom is 0.215 e. The van der Waals surface area contributed by atoms with Crippen LogP contribution >= 0.6 is 0 Å². The van der Waals surface area contributed by atoms with Crippen molar-refractivity contribution >= 4 is 10.0 Å². The SMILES string of the molecule is CCCNCCS(=O)(=O)N1CCC(N2CCOCC2)C1. The summed E-state index contributed by atoms with van der Waals surface area (Å²) < 4.78 is 31.5. The van der Waals surface area contributed by atoms with Gasteiger partial charge in [-0.05, 0) is 19.4 Å². The highest BCUT2D eigenvalue weighted by molar-refractivity contribution is 7.89. The summed E-state index contributed by atoms with van der Waals surface area (Å²) in [5.74, 6) is 0.211. The lowest BCUT2D eigenvalue weighted by atomic mass is 10.2. The van der Waals surface area contributed by atoms with Crippen LogP contribution < -0.4 is 5.32 Å². The van der Waals surface area contributed by atoms with E-state index in [1.54, 1.807) is 4.31 Å². The van der Waals surface area contributed by atoms with Gasteiger partial charge in [0, 0.05) is 38.8 Å². The smallest absolute Gasteiger partial charge is 0.215 e. The van der Waals surface area contributed by atoms with Crippen molar-refractivity contribution in [2.75, 3.05) is 58.2 Å². The number of nitrogens with zero attached hydrogens (tertiary/aromatic N) is 2. The van der Waals surface area contributed by atoms with Crippen LogP contribution in [0.5, 0.6) is 0 Å². The van der Waals surface area contributed by atoms with E-state index in [4.69, 9.17) is 4.74 Å². The van der Waals surface area contributed by atoms with Crippen molar-refractivity contribution in [3.63, 3.8) is 0 Å². The minimum atomic E-state index is -3.10. The van der Waals surface area contributed by atoms with Crippen molar-refractivity contribution in [3.05, 3.63) is 0 Å². The average molecular weight is 305 g/mol. The normalized spacial score (nSPS) is 26.1. The van der Waals surface area contributed by atoms with Crippen molar-refractivity contribution in [1.29, 1.82) is 0 Å². The van der Waals surface area contributed by atoms with Crippen LogP contribution in [0.15, 0.2) is 0 Å². The molecule has 1 unspecified atom stereocenters. The zero-order valence-electron chi connectivity index (χ0n) is 12.4. The number of ether oxygens (including phenoxy) is 1. The molecule has 1 N–H and O–H groups in total. The number of hydrogen-bond donors (Lipinski definition) is 1. The molecule has 0 saturated carbocycles. The Morgan fingerprint density at radius 1 is 1.20 bits per heavy atom. The van der Waals surface area contributed by atoms with E-state index < -0.39 is 10.0 Å². The number of rotatable bonds is 7. The van der Waals surface area contributed by atoms with E-state index in [0.29, 0.717) is 25.7 Å². The lowest BCUT2D eigenvalue weighted by Gasteiger charge is -2.32. The van der Waals surface area contributed by atoms with Gasteiger partial charge in [-0.2, -0.15) is 0 Å². The highest BCUT2D eigenvalue weighted by Gasteiger charge is 2.34. The fourth-order valence-electron chi connectivity index (χ4n) is 2.84. The van der Waals surface area contributed by atoms with Gasteiger partial charge in [-0.25, -0.2) is 12.7 Å². The Labute approximate surface area is 122 Å². The number of hydrogen-bond acceptors (Lipinski definition) is 5. The molecule has 0 aromatic heterocycles. The number of morpholine rings is 1. The fourth-order valence-corrected chi connectivity index (χ4v) is 4.28. The van der Waals surface area contributed by atoms with Crippen molar-refractivity contribution in [2.45, 2.75) is 25.8 Å². The van der Waals surface area contributed by atoms with Gasteiger partial charge in [-0.1, -0.05) is 6.92 Å². The molecule has 20 heavy (non-hydrogen) atoms. The predicted octanol–water partition coefficient (Wildman–Crippen LogP) is -0.278. The Morgan fingerprint density at radius 3 is 2.65 bits per heavy atom.